The first-order valence-electron chi connectivity index (χ1n) is 5.41. The predicted octanol–water partition coefficient (Wildman–Crippen LogP) is 1.30. The van der Waals surface area contributed by atoms with Gasteiger partial charge in [-0.05, 0) is 47.9 Å². The van der Waals surface area contributed by atoms with E-state index in [-0.39, 0.29) is 23.3 Å². The number of sulfonamides is 1. The first-order chi connectivity index (χ1) is 8.08. The Balaban J connectivity index is 0.00000162. The van der Waals surface area contributed by atoms with Gasteiger partial charge in [0.2, 0.25) is 10.0 Å². The van der Waals surface area contributed by atoms with Crippen molar-refractivity contribution < 1.29 is 8.42 Å². The monoisotopic (exact) mass is 355 g/mol. The molecule has 0 radical (unpaired) electrons. The predicted molar refractivity (Wildman–Crippen MR) is 75.4 cm³/mol. The normalized spacial score (nSPS) is 17.2. The second-order valence-electron chi connectivity index (χ2n) is 3.98. The van der Waals surface area contributed by atoms with E-state index in [2.05, 4.69) is 31.0 Å². The average molecular weight is 357 g/mol. The molecule has 2 heterocycles. The summed E-state index contributed by atoms with van der Waals surface area (Å²) in [6, 6.07) is 1.57. The molecule has 1 saturated heterocycles. The van der Waals surface area contributed by atoms with Crippen molar-refractivity contribution in [2.45, 2.75) is 23.8 Å². The van der Waals surface area contributed by atoms with Gasteiger partial charge in [-0.15, -0.1) is 12.4 Å². The van der Waals surface area contributed by atoms with Crippen LogP contribution in [0.3, 0.4) is 0 Å². The summed E-state index contributed by atoms with van der Waals surface area (Å²) in [4.78, 5) is 4.06. The Hall–Kier alpha value is -0.210. The lowest BCUT2D eigenvalue weighted by molar-refractivity contribution is 0.427. The molecule has 1 aliphatic heterocycles. The molecule has 5 nitrogen and oxygen atoms in total. The molecule has 0 atom stereocenters. The number of hydrogen-bond acceptors (Lipinski definition) is 4. The van der Waals surface area contributed by atoms with E-state index in [9.17, 15) is 8.42 Å². The number of nitrogens with zero attached hydrogens (tertiary/aromatic N) is 1. The Kier molecular flexibility index (Phi) is 6.00. The summed E-state index contributed by atoms with van der Waals surface area (Å²) >= 11 is 3.22. The van der Waals surface area contributed by atoms with Gasteiger partial charge in [-0.2, -0.15) is 0 Å². The lowest BCUT2D eigenvalue weighted by Gasteiger charge is -2.23. The standard InChI is InChI=1S/C10H14BrN3O2S.ClH/c11-8-5-10(7-13-6-8)17(15,16)14-9-1-3-12-4-2-9;/h5-7,9,12,14H,1-4H2;1H. The van der Waals surface area contributed by atoms with Crippen LogP contribution in [-0.2, 0) is 10.0 Å². The SMILES string of the molecule is Cl.O=S(=O)(NC1CCNCC1)c1cncc(Br)c1. The molecule has 1 aromatic rings. The van der Waals surface area contributed by atoms with Crippen molar-refractivity contribution >= 4 is 38.4 Å². The Morgan fingerprint density at radius 2 is 2.00 bits per heavy atom. The van der Waals surface area contributed by atoms with E-state index in [1.54, 1.807) is 12.3 Å². The van der Waals surface area contributed by atoms with Crippen LogP contribution in [0, 0.1) is 0 Å². The lowest BCUT2D eigenvalue weighted by atomic mass is 10.1. The fourth-order valence-electron chi connectivity index (χ4n) is 1.77. The number of hydrogen-bond donors (Lipinski definition) is 2. The van der Waals surface area contributed by atoms with E-state index in [0.717, 1.165) is 25.9 Å². The van der Waals surface area contributed by atoms with Gasteiger partial charge in [-0.3, -0.25) is 4.98 Å². The quantitative estimate of drug-likeness (QED) is 0.856. The van der Waals surface area contributed by atoms with Gasteiger partial charge in [0.25, 0.3) is 0 Å². The zero-order valence-electron chi connectivity index (χ0n) is 9.60. The van der Waals surface area contributed by atoms with Crippen molar-refractivity contribution in [3.05, 3.63) is 22.9 Å². The second kappa shape index (κ2) is 6.81. The van der Waals surface area contributed by atoms with Crippen LogP contribution in [0.25, 0.3) is 0 Å². The van der Waals surface area contributed by atoms with Crippen LogP contribution in [0.4, 0.5) is 0 Å². The zero-order chi connectivity index (χ0) is 12.3. The van der Waals surface area contributed by atoms with Crippen LogP contribution in [0.1, 0.15) is 12.8 Å². The van der Waals surface area contributed by atoms with Crippen LogP contribution in [0.2, 0.25) is 0 Å². The number of aromatic nitrogens is 1. The molecule has 0 aliphatic carbocycles. The third-order valence-electron chi connectivity index (χ3n) is 2.65. The highest BCUT2D eigenvalue weighted by Crippen LogP contribution is 2.15. The van der Waals surface area contributed by atoms with Crippen LogP contribution in [0.5, 0.6) is 0 Å². The van der Waals surface area contributed by atoms with E-state index in [1.807, 2.05) is 0 Å². The number of rotatable bonds is 3. The minimum absolute atomic E-state index is 0. The van der Waals surface area contributed by atoms with E-state index in [0.29, 0.717) is 4.47 Å². The van der Waals surface area contributed by atoms with Crippen molar-refractivity contribution in [2.24, 2.45) is 0 Å². The Labute approximate surface area is 121 Å². The zero-order valence-corrected chi connectivity index (χ0v) is 12.8. The molecular weight excluding hydrogens is 342 g/mol. The Morgan fingerprint density at radius 3 is 2.61 bits per heavy atom. The molecule has 1 fully saturated rings. The molecule has 0 unspecified atom stereocenters. The number of pyridine rings is 1. The van der Waals surface area contributed by atoms with Crippen molar-refractivity contribution in [3.8, 4) is 0 Å². The van der Waals surface area contributed by atoms with Gasteiger partial charge in [0.15, 0.2) is 0 Å². The summed E-state index contributed by atoms with van der Waals surface area (Å²) in [7, 11) is -3.45. The molecule has 1 aliphatic rings. The van der Waals surface area contributed by atoms with Gasteiger partial charge >= 0.3 is 0 Å². The molecule has 1 aromatic heterocycles. The molecule has 0 bridgehead atoms. The van der Waals surface area contributed by atoms with Crippen LogP contribution in [-0.4, -0.2) is 32.5 Å². The highest BCUT2D eigenvalue weighted by Gasteiger charge is 2.21. The van der Waals surface area contributed by atoms with Crippen LogP contribution >= 0.6 is 28.3 Å². The van der Waals surface area contributed by atoms with E-state index >= 15 is 0 Å². The van der Waals surface area contributed by atoms with Crippen LogP contribution in [0.15, 0.2) is 27.8 Å². The molecule has 8 heteroatoms. The second-order valence-corrected chi connectivity index (χ2v) is 6.61. The van der Waals surface area contributed by atoms with Gasteiger partial charge in [0.05, 0.1) is 0 Å². The van der Waals surface area contributed by atoms with Crippen molar-refractivity contribution in [1.82, 2.24) is 15.0 Å². The highest BCUT2D eigenvalue weighted by atomic mass is 79.9. The van der Waals surface area contributed by atoms with Gasteiger partial charge in [0, 0.05) is 22.9 Å². The first-order valence-corrected chi connectivity index (χ1v) is 7.69. The largest absolute Gasteiger partial charge is 0.317 e. The summed E-state index contributed by atoms with van der Waals surface area (Å²) < 4.78 is 27.5. The smallest absolute Gasteiger partial charge is 0.242 e. The van der Waals surface area contributed by atoms with Crippen molar-refractivity contribution in [2.75, 3.05) is 13.1 Å². The molecular formula is C10H15BrClN3O2S. The third kappa shape index (κ3) is 4.17. The van der Waals surface area contributed by atoms with Crippen LogP contribution < -0.4 is 10.0 Å². The summed E-state index contributed by atoms with van der Waals surface area (Å²) in [5, 5.41) is 3.19. The lowest BCUT2D eigenvalue weighted by Crippen LogP contribution is -2.42. The van der Waals surface area contributed by atoms with E-state index in [4.69, 9.17) is 0 Å². The van der Waals surface area contributed by atoms with Gasteiger partial charge in [-0.1, -0.05) is 0 Å². The maximum atomic E-state index is 12.1. The number of halogens is 2. The summed E-state index contributed by atoms with van der Waals surface area (Å²) in [6.45, 7) is 1.70. The number of nitrogens with one attached hydrogen (secondary N) is 2. The van der Waals surface area contributed by atoms with Gasteiger partial charge in [-0.25, -0.2) is 13.1 Å². The van der Waals surface area contributed by atoms with E-state index in [1.165, 1.54) is 6.20 Å². The maximum absolute atomic E-state index is 12.1. The fraction of sp³-hybridized carbons (Fsp3) is 0.500. The van der Waals surface area contributed by atoms with Crippen molar-refractivity contribution in [1.29, 1.82) is 0 Å². The first kappa shape index (κ1) is 15.8. The minimum atomic E-state index is -3.45. The molecule has 102 valence electrons. The summed E-state index contributed by atoms with van der Waals surface area (Å²) in [5.74, 6) is 0. The van der Waals surface area contributed by atoms with Crippen molar-refractivity contribution in [3.63, 3.8) is 0 Å². The molecule has 0 aromatic carbocycles. The molecule has 2 N–H and O–H groups in total. The maximum Gasteiger partial charge on any atom is 0.242 e. The van der Waals surface area contributed by atoms with Gasteiger partial charge in [0.1, 0.15) is 4.90 Å². The van der Waals surface area contributed by atoms with Gasteiger partial charge < -0.3 is 5.32 Å². The topological polar surface area (TPSA) is 71.1 Å². The molecule has 2 rings (SSSR count). The highest BCUT2D eigenvalue weighted by molar-refractivity contribution is 9.10. The molecule has 0 amide bonds. The summed E-state index contributed by atoms with van der Waals surface area (Å²) in [5.41, 5.74) is 0. The number of piperidine rings is 1. The fourth-order valence-corrected chi connectivity index (χ4v) is 3.58. The summed E-state index contributed by atoms with van der Waals surface area (Å²) in [6.07, 6.45) is 4.55. The molecule has 0 spiro atoms. The molecule has 18 heavy (non-hydrogen) atoms. The average Bonchev–Trinajstić information content (AvgIpc) is 2.30. The minimum Gasteiger partial charge on any atom is -0.317 e. The molecule has 0 saturated carbocycles. The Bertz CT molecular complexity index is 492. The Morgan fingerprint density at radius 1 is 1.33 bits per heavy atom. The van der Waals surface area contributed by atoms with E-state index < -0.39 is 10.0 Å². The third-order valence-corrected chi connectivity index (χ3v) is 4.57.